The molecule has 0 heterocycles. The van der Waals surface area contributed by atoms with Gasteiger partial charge in [0.25, 0.3) is 0 Å². The Morgan fingerprint density at radius 3 is 2.56 bits per heavy atom. The van der Waals surface area contributed by atoms with Crippen molar-refractivity contribution in [3.63, 3.8) is 0 Å². The predicted octanol–water partition coefficient (Wildman–Crippen LogP) is 2.78. The maximum absolute atomic E-state index is 11.5. The van der Waals surface area contributed by atoms with Crippen LogP contribution in [0.3, 0.4) is 0 Å². The van der Waals surface area contributed by atoms with Crippen LogP contribution in [0, 0.1) is 5.41 Å². The Morgan fingerprint density at radius 1 is 1.25 bits per heavy atom. The highest BCUT2D eigenvalue weighted by Gasteiger charge is 2.27. The van der Waals surface area contributed by atoms with Crippen LogP contribution in [0.2, 0.25) is 0 Å². The molecule has 0 spiro atoms. The quantitative estimate of drug-likeness (QED) is 0.727. The molecule has 1 N–H and O–H groups in total. The fourth-order valence-electron chi connectivity index (χ4n) is 2.46. The Balaban J connectivity index is 1.99. The van der Waals surface area contributed by atoms with Gasteiger partial charge in [-0.2, -0.15) is 5.10 Å². The molecule has 2 rings (SSSR count). The second kappa shape index (κ2) is 4.40. The molecule has 16 heavy (non-hydrogen) atoms. The summed E-state index contributed by atoms with van der Waals surface area (Å²) in [6.07, 6.45) is 8.00. The number of allylic oxidation sites excluding steroid dienone is 2. The van der Waals surface area contributed by atoms with Crippen molar-refractivity contribution in [2.75, 3.05) is 0 Å². The molecule has 88 valence electrons. The van der Waals surface area contributed by atoms with Crippen LogP contribution in [0.5, 0.6) is 0 Å². The van der Waals surface area contributed by atoms with E-state index in [1.165, 1.54) is 18.6 Å². The second-order valence-electron chi connectivity index (χ2n) is 5.65. The molecule has 2 aliphatic carbocycles. The summed E-state index contributed by atoms with van der Waals surface area (Å²) in [6, 6.07) is 0. The standard InChI is InChI=1S/C13H20N2O/c1-13(2)8-11(7-12(16)9-13)15-14-10-5-3-4-6-10/h7,15H,3-6,8-9H2,1-2H3. The smallest absolute Gasteiger partial charge is 0.158 e. The lowest BCUT2D eigenvalue weighted by atomic mass is 9.79. The van der Waals surface area contributed by atoms with Gasteiger partial charge in [0.15, 0.2) is 5.78 Å². The molecular weight excluding hydrogens is 200 g/mol. The number of nitrogens with zero attached hydrogens (tertiary/aromatic N) is 1. The molecule has 0 aromatic heterocycles. The number of nitrogens with one attached hydrogen (secondary N) is 1. The first-order valence-corrected chi connectivity index (χ1v) is 6.10. The largest absolute Gasteiger partial charge is 0.295 e. The summed E-state index contributed by atoms with van der Waals surface area (Å²) >= 11 is 0. The van der Waals surface area contributed by atoms with Gasteiger partial charge < -0.3 is 0 Å². The number of hydrogen-bond donors (Lipinski definition) is 1. The van der Waals surface area contributed by atoms with E-state index in [-0.39, 0.29) is 11.2 Å². The van der Waals surface area contributed by atoms with Crippen LogP contribution < -0.4 is 5.43 Å². The van der Waals surface area contributed by atoms with Gasteiger partial charge in [-0.05, 0) is 37.5 Å². The molecule has 1 saturated carbocycles. The van der Waals surface area contributed by atoms with Crippen molar-refractivity contribution >= 4 is 11.5 Å². The van der Waals surface area contributed by atoms with E-state index in [0.717, 1.165) is 25.0 Å². The number of carbonyl (C=O) groups excluding carboxylic acids is 1. The zero-order chi connectivity index (χ0) is 11.6. The summed E-state index contributed by atoms with van der Waals surface area (Å²) in [6.45, 7) is 4.25. The van der Waals surface area contributed by atoms with E-state index >= 15 is 0 Å². The van der Waals surface area contributed by atoms with Crippen molar-refractivity contribution in [1.29, 1.82) is 0 Å². The van der Waals surface area contributed by atoms with E-state index in [4.69, 9.17) is 0 Å². The first kappa shape index (κ1) is 11.4. The molecule has 2 aliphatic rings. The van der Waals surface area contributed by atoms with Gasteiger partial charge in [0.2, 0.25) is 0 Å². The number of hydrogen-bond acceptors (Lipinski definition) is 3. The number of rotatable bonds is 2. The zero-order valence-electron chi connectivity index (χ0n) is 10.2. The third-order valence-corrected chi connectivity index (χ3v) is 3.20. The van der Waals surface area contributed by atoms with Crippen LogP contribution in [0.1, 0.15) is 52.4 Å². The minimum Gasteiger partial charge on any atom is -0.295 e. The summed E-state index contributed by atoms with van der Waals surface area (Å²) in [5.74, 6) is 0.213. The van der Waals surface area contributed by atoms with Crippen molar-refractivity contribution in [2.45, 2.75) is 52.4 Å². The number of carbonyl (C=O) groups is 1. The van der Waals surface area contributed by atoms with Crippen LogP contribution in [0.4, 0.5) is 0 Å². The van der Waals surface area contributed by atoms with Crippen LogP contribution in [-0.4, -0.2) is 11.5 Å². The Kier molecular flexibility index (Phi) is 3.13. The van der Waals surface area contributed by atoms with Crippen molar-refractivity contribution in [2.24, 2.45) is 10.5 Å². The fraction of sp³-hybridized carbons (Fsp3) is 0.692. The van der Waals surface area contributed by atoms with Crippen LogP contribution >= 0.6 is 0 Å². The highest BCUT2D eigenvalue weighted by Crippen LogP contribution is 2.32. The van der Waals surface area contributed by atoms with Gasteiger partial charge in [0, 0.05) is 23.9 Å². The first-order valence-electron chi connectivity index (χ1n) is 6.10. The molecule has 0 saturated heterocycles. The molecule has 0 atom stereocenters. The van der Waals surface area contributed by atoms with Gasteiger partial charge in [0.1, 0.15) is 0 Å². The average molecular weight is 220 g/mol. The van der Waals surface area contributed by atoms with E-state index in [9.17, 15) is 4.79 Å². The summed E-state index contributed by atoms with van der Waals surface area (Å²) < 4.78 is 0. The predicted molar refractivity (Wildman–Crippen MR) is 65.1 cm³/mol. The van der Waals surface area contributed by atoms with Gasteiger partial charge in [-0.25, -0.2) is 0 Å². The van der Waals surface area contributed by atoms with E-state index in [0.29, 0.717) is 6.42 Å². The Labute approximate surface area is 97.0 Å². The third-order valence-electron chi connectivity index (χ3n) is 3.20. The van der Waals surface area contributed by atoms with Crippen molar-refractivity contribution in [1.82, 2.24) is 5.43 Å². The Hall–Kier alpha value is -1.12. The van der Waals surface area contributed by atoms with Crippen LogP contribution in [0.15, 0.2) is 16.9 Å². The van der Waals surface area contributed by atoms with Gasteiger partial charge in [-0.15, -0.1) is 0 Å². The molecule has 1 fully saturated rings. The molecule has 0 aromatic carbocycles. The van der Waals surface area contributed by atoms with E-state index in [1.54, 1.807) is 6.08 Å². The minimum absolute atomic E-state index is 0.0734. The molecule has 0 unspecified atom stereocenters. The molecule has 0 aliphatic heterocycles. The Bertz CT molecular complexity index is 345. The summed E-state index contributed by atoms with van der Waals surface area (Å²) in [5.41, 5.74) is 5.37. The lowest BCUT2D eigenvalue weighted by Crippen LogP contribution is -2.26. The Morgan fingerprint density at radius 2 is 1.94 bits per heavy atom. The van der Waals surface area contributed by atoms with Gasteiger partial charge in [0.05, 0.1) is 0 Å². The highest BCUT2D eigenvalue weighted by molar-refractivity contribution is 5.91. The molecule has 0 aromatic rings. The topological polar surface area (TPSA) is 41.5 Å². The lowest BCUT2D eigenvalue weighted by Gasteiger charge is -2.28. The molecule has 3 heteroatoms. The first-order chi connectivity index (χ1) is 7.55. The molecule has 3 nitrogen and oxygen atoms in total. The fourth-order valence-corrected chi connectivity index (χ4v) is 2.46. The summed E-state index contributed by atoms with van der Waals surface area (Å²) in [5, 5.41) is 4.39. The summed E-state index contributed by atoms with van der Waals surface area (Å²) in [7, 11) is 0. The highest BCUT2D eigenvalue weighted by atomic mass is 16.1. The van der Waals surface area contributed by atoms with E-state index in [1.807, 2.05) is 0 Å². The average Bonchev–Trinajstić information content (AvgIpc) is 2.63. The monoisotopic (exact) mass is 220 g/mol. The second-order valence-corrected chi connectivity index (χ2v) is 5.65. The van der Waals surface area contributed by atoms with E-state index in [2.05, 4.69) is 24.4 Å². The number of ketones is 1. The molecule has 0 amide bonds. The van der Waals surface area contributed by atoms with Gasteiger partial charge >= 0.3 is 0 Å². The zero-order valence-corrected chi connectivity index (χ0v) is 10.2. The molecular formula is C13H20N2O. The van der Waals surface area contributed by atoms with Crippen LogP contribution in [-0.2, 0) is 4.79 Å². The van der Waals surface area contributed by atoms with E-state index < -0.39 is 0 Å². The lowest BCUT2D eigenvalue weighted by molar-refractivity contribution is -0.117. The van der Waals surface area contributed by atoms with Crippen molar-refractivity contribution in [3.05, 3.63) is 11.8 Å². The normalized spacial score (nSPS) is 24.2. The number of hydrazone groups is 1. The van der Waals surface area contributed by atoms with Crippen molar-refractivity contribution in [3.8, 4) is 0 Å². The molecule has 0 bridgehead atoms. The minimum atomic E-state index is 0.0734. The maximum Gasteiger partial charge on any atom is 0.158 e. The van der Waals surface area contributed by atoms with Gasteiger partial charge in [-0.3, -0.25) is 10.2 Å². The van der Waals surface area contributed by atoms with Gasteiger partial charge in [-0.1, -0.05) is 13.8 Å². The van der Waals surface area contributed by atoms with Crippen molar-refractivity contribution < 1.29 is 4.79 Å². The molecule has 0 radical (unpaired) electrons. The summed E-state index contributed by atoms with van der Waals surface area (Å²) in [4.78, 5) is 11.5. The SMILES string of the molecule is CC1(C)CC(=O)C=C(NN=C2CCCC2)C1. The maximum atomic E-state index is 11.5. The van der Waals surface area contributed by atoms with Crippen LogP contribution in [0.25, 0.3) is 0 Å². The third kappa shape index (κ3) is 2.94.